The molecule has 1 N–H and O–H groups in total. The highest BCUT2D eigenvalue weighted by Gasteiger charge is 2.48. The van der Waals surface area contributed by atoms with Gasteiger partial charge >= 0.3 is 12.1 Å². The summed E-state index contributed by atoms with van der Waals surface area (Å²) in [5.41, 5.74) is 0.324. The van der Waals surface area contributed by atoms with Crippen molar-refractivity contribution in [1.82, 2.24) is 19.8 Å². The molecule has 0 aromatic carbocycles. The van der Waals surface area contributed by atoms with E-state index in [1.807, 2.05) is 4.90 Å². The molecule has 1 atom stereocenters. The Bertz CT molecular complexity index is 725. The van der Waals surface area contributed by atoms with Gasteiger partial charge < -0.3 is 19.6 Å². The van der Waals surface area contributed by atoms with Crippen molar-refractivity contribution in [2.24, 2.45) is 5.92 Å². The fourth-order valence-electron chi connectivity index (χ4n) is 4.01. The average Bonchev–Trinajstić information content (AvgIpc) is 3.20. The van der Waals surface area contributed by atoms with E-state index in [1.54, 1.807) is 12.4 Å². The van der Waals surface area contributed by atoms with Gasteiger partial charge in [-0.15, -0.1) is 0 Å². The zero-order valence-corrected chi connectivity index (χ0v) is 16.5. The van der Waals surface area contributed by atoms with Crippen LogP contribution in [0.15, 0.2) is 18.6 Å². The Labute approximate surface area is 172 Å². The minimum Gasteiger partial charge on any atom is -0.475 e. The maximum absolute atomic E-state index is 12.3. The Kier molecular flexibility index (Phi) is 6.91. The van der Waals surface area contributed by atoms with Gasteiger partial charge in [0.2, 0.25) is 0 Å². The number of hydrogen-bond donors (Lipinski definition) is 1. The van der Waals surface area contributed by atoms with Gasteiger partial charge in [0.15, 0.2) is 0 Å². The molecule has 11 heteroatoms. The van der Waals surface area contributed by atoms with Gasteiger partial charge in [-0.1, -0.05) is 0 Å². The molecule has 3 fully saturated rings. The topological polar surface area (TPSA) is 95.9 Å². The number of aliphatic carboxylic acids is 1. The lowest BCUT2D eigenvalue weighted by molar-refractivity contribution is -0.192. The number of hydrogen-bond acceptors (Lipinski definition) is 6. The molecule has 0 aliphatic carbocycles. The molecule has 1 spiro atoms. The number of aromatic nitrogens is 2. The quantitative estimate of drug-likeness (QED) is 0.782. The Morgan fingerprint density at radius 1 is 1.23 bits per heavy atom. The number of amides is 1. The summed E-state index contributed by atoms with van der Waals surface area (Å²) in [7, 11) is 0. The molecule has 1 amide bonds. The van der Waals surface area contributed by atoms with Gasteiger partial charge in [-0.2, -0.15) is 13.2 Å². The zero-order chi connectivity index (χ0) is 21.8. The van der Waals surface area contributed by atoms with E-state index in [2.05, 4.69) is 14.9 Å². The Morgan fingerprint density at radius 2 is 1.90 bits per heavy atom. The van der Waals surface area contributed by atoms with Crippen LogP contribution in [-0.4, -0.2) is 87.9 Å². The number of carboxylic acid groups (broad SMARTS) is 1. The molecule has 3 aliphatic rings. The molecule has 1 unspecified atom stereocenters. The van der Waals surface area contributed by atoms with Crippen LogP contribution in [0.25, 0.3) is 0 Å². The zero-order valence-electron chi connectivity index (χ0n) is 16.5. The molecule has 0 radical (unpaired) electrons. The molecule has 166 valence electrons. The molecule has 3 aliphatic heterocycles. The van der Waals surface area contributed by atoms with E-state index in [-0.39, 0.29) is 11.5 Å². The van der Waals surface area contributed by atoms with Gasteiger partial charge in [0.25, 0.3) is 5.91 Å². The summed E-state index contributed by atoms with van der Waals surface area (Å²) in [6.07, 6.45) is 4.55. The van der Waals surface area contributed by atoms with E-state index < -0.39 is 12.1 Å². The Hall–Kier alpha value is -2.27. The molecular weight excluding hydrogens is 405 g/mol. The lowest BCUT2D eigenvalue weighted by atomic mass is 9.82. The monoisotopic (exact) mass is 430 g/mol. The van der Waals surface area contributed by atoms with E-state index in [4.69, 9.17) is 14.6 Å². The highest BCUT2D eigenvalue weighted by Crippen LogP contribution is 2.37. The van der Waals surface area contributed by atoms with Gasteiger partial charge in [-0.05, 0) is 44.7 Å². The summed E-state index contributed by atoms with van der Waals surface area (Å²) in [5, 5.41) is 7.12. The van der Waals surface area contributed by atoms with Gasteiger partial charge in [-0.3, -0.25) is 9.78 Å². The average molecular weight is 430 g/mol. The van der Waals surface area contributed by atoms with Crippen LogP contribution in [0.2, 0.25) is 0 Å². The van der Waals surface area contributed by atoms with Crippen LogP contribution in [0.3, 0.4) is 0 Å². The first-order chi connectivity index (χ1) is 14.2. The summed E-state index contributed by atoms with van der Waals surface area (Å²) in [6.45, 7) is 5.91. The smallest absolute Gasteiger partial charge is 0.475 e. The minimum absolute atomic E-state index is 0.0356. The third-order valence-corrected chi connectivity index (χ3v) is 5.62. The molecular formula is C19H25F3N4O4. The van der Waals surface area contributed by atoms with Crippen LogP contribution >= 0.6 is 0 Å². The van der Waals surface area contributed by atoms with Gasteiger partial charge in [0, 0.05) is 18.9 Å². The summed E-state index contributed by atoms with van der Waals surface area (Å²) >= 11 is 0. The number of alkyl halides is 3. The van der Waals surface area contributed by atoms with E-state index in [1.165, 1.54) is 45.1 Å². The maximum atomic E-state index is 12.3. The Balaban J connectivity index is 0.000000318. The summed E-state index contributed by atoms with van der Waals surface area (Å²) in [6, 6.07) is 0. The Morgan fingerprint density at radius 3 is 2.40 bits per heavy atom. The van der Waals surface area contributed by atoms with Gasteiger partial charge in [-0.25, -0.2) is 9.78 Å². The number of rotatable bonds is 3. The number of carbonyl (C=O) groups is 2. The minimum atomic E-state index is -5.08. The first-order valence-corrected chi connectivity index (χ1v) is 9.90. The van der Waals surface area contributed by atoms with Crippen molar-refractivity contribution in [2.45, 2.75) is 37.5 Å². The van der Waals surface area contributed by atoms with Crippen LogP contribution in [0, 0.1) is 5.92 Å². The number of carboxylic acids is 1. The van der Waals surface area contributed by atoms with E-state index >= 15 is 0 Å². The van der Waals surface area contributed by atoms with Crippen molar-refractivity contribution in [2.75, 3.05) is 39.3 Å². The number of ether oxygens (including phenoxy) is 1. The van der Waals surface area contributed by atoms with Gasteiger partial charge in [0.05, 0.1) is 25.9 Å². The van der Waals surface area contributed by atoms with Crippen molar-refractivity contribution in [3.8, 4) is 0 Å². The van der Waals surface area contributed by atoms with Crippen LogP contribution in [0.1, 0.15) is 36.2 Å². The SMILES string of the molecule is O=C(O)C(F)(F)F.O=C(c1cnccn1)N1CC2(CCC(CN3CCCC3)CO2)C1. The number of carbonyl (C=O) groups excluding carboxylic acids is 1. The second kappa shape index (κ2) is 9.25. The predicted octanol–water partition coefficient (Wildman–Crippen LogP) is 1.83. The second-order valence-electron chi connectivity index (χ2n) is 7.96. The normalized spacial score (nSPS) is 23.4. The molecule has 0 saturated carbocycles. The fraction of sp³-hybridized carbons (Fsp3) is 0.684. The highest BCUT2D eigenvalue weighted by molar-refractivity contribution is 5.92. The van der Waals surface area contributed by atoms with Crippen LogP contribution in [0.4, 0.5) is 13.2 Å². The van der Waals surface area contributed by atoms with Crippen molar-refractivity contribution in [3.05, 3.63) is 24.3 Å². The van der Waals surface area contributed by atoms with E-state index in [9.17, 15) is 18.0 Å². The lowest BCUT2D eigenvalue weighted by Gasteiger charge is -2.52. The standard InChI is InChI=1S/C17H24N4O2.C2HF3O2/c22-16(15-9-18-5-6-19-15)21-12-17(13-21)4-3-14(11-23-17)10-20-7-1-2-8-20;3-2(4,5)1(6)7/h5-6,9,14H,1-4,7-8,10-13H2;(H,6,7). The van der Waals surface area contributed by atoms with Crippen molar-refractivity contribution in [3.63, 3.8) is 0 Å². The summed E-state index contributed by atoms with van der Waals surface area (Å²) < 4.78 is 37.9. The molecule has 1 aromatic heterocycles. The fourth-order valence-corrected chi connectivity index (χ4v) is 4.01. The van der Waals surface area contributed by atoms with Crippen molar-refractivity contribution < 1.29 is 32.6 Å². The molecule has 4 heterocycles. The van der Waals surface area contributed by atoms with Crippen LogP contribution in [-0.2, 0) is 9.53 Å². The second-order valence-corrected chi connectivity index (χ2v) is 7.96. The van der Waals surface area contributed by atoms with Gasteiger partial charge in [0.1, 0.15) is 11.3 Å². The largest absolute Gasteiger partial charge is 0.490 e. The first-order valence-electron chi connectivity index (χ1n) is 9.90. The summed E-state index contributed by atoms with van der Waals surface area (Å²) in [5.74, 6) is -2.14. The van der Waals surface area contributed by atoms with Crippen LogP contribution < -0.4 is 0 Å². The summed E-state index contributed by atoms with van der Waals surface area (Å²) in [4.78, 5) is 33.6. The number of likely N-dealkylation sites (tertiary alicyclic amines) is 2. The molecule has 8 nitrogen and oxygen atoms in total. The molecule has 1 aromatic rings. The number of halogens is 3. The first kappa shape index (κ1) is 22.4. The third-order valence-electron chi connectivity index (χ3n) is 5.62. The highest BCUT2D eigenvalue weighted by atomic mass is 19.4. The van der Waals surface area contributed by atoms with Crippen LogP contribution in [0.5, 0.6) is 0 Å². The lowest BCUT2D eigenvalue weighted by Crippen LogP contribution is -2.66. The van der Waals surface area contributed by atoms with E-state index in [0.29, 0.717) is 24.7 Å². The molecule has 0 bridgehead atoms. The molecule has 4 rings (SSSR count). The third kappa shape index (κ3) is 5.66. The van der Waals surface area contributed by atoms with Crippen molar-refractivity contribution >= 4 is 11.9 Å². The number of nitrogens with zero attached hydrogens (tertiary/aromatic N) is 4. The maximum Gasteiger partial charge on any atom is 0.490 e. The predicted molar refractivity (Wildman–Crippen MR) is 98.7 cm³/mol. The molecule has 30 heavy (non-hydrogen) atoms. The van der Waals surface area contributed by atoms with Crippen molar-refractivity contribution in [1.29, 1.82) is 0 Å². The molecule has 3 saturated heterocycles. The van der Waals surface area contributed by atoms with E-state index in [0.717, 1.165) is 13.0 Å².